The highest BCUT2D eigenvalue weighted by Crippen LogP contribution is 2.42. The lowest BCUT2D eigenvalue weighted by atomic mass is 9.88. The van der Waals surface area contributed by atoms with Crippen LogP contribution in [0.1, 0.15) is 35.7 Å². The van der Waals surface area contributed by atoms with Crippen LogP contribution in [0.15, 0.2) is 40.8 Å². The van der Waals surface area contributed by atoms with E-state index in [0.29, 0.717) is 12.2 Å². The number of likely N-dealkylation sites (N-methyl/N-ethyl adjacent to an activating group) is 1. The van der Waals surface area contributed by atoms with E-state index in [9.17, 15) is 9.59 Å². The smallest absolute Gasteiger partial charge is 0.245 e. The lowest BCUT2D eigenvalue weighted by Crippen LogP contribution is -2.62. The first-order valence-electron chi connectivity index (χ1n) is 9.32. The molecular weight excluding hydrogens is 342 g/mol. The predicted molar refractivity (Wildman–Crippen MR) is 100 cm³/mol. The van der Waals surface area contributed by atoms with Crippen LogP contribution in [0, 0.1) is 0 Å². The number of para-hydroxylation sites is 1. The van der Waals surface area contributed by atoms with E-state index in [1.165, 1.54) is 4.90 Å². The summed E-state index contributed by atoms with van der Waals surface area (Å²) in [5.41, 5.74) is 3.07. The van der Waals surface area contributed by atoms with Gasteiger partial charge in [0, 0.05) is 30.8 Å². The molecule has 0 radical (unpaired) electrons. The minimum absolute atomic E-state index is 0.0159. The van der Waals surface area contributed by atoms with Crippen molar-refractivity contribution in [2.24, 2.45) is 0 Å². The number of hydrogen-bond donors (Lipinski definition) is 1. The fourth-order valence-electron chi connectivity index (χ4n) is 4.44. The molecule has 1 N–H and O–H groups in total. The van der Waals surface area contributed by atoms with E-state index in [-0.39, 0.29) is 18.4 Å². The van der Waals surface area contributed by atoms with Gasteiger partial charge in [0.1, 0.15) is 23.6 Å². The lowest BCUT2D eigenvalue weighted by Gasteiger charge is -2.45. The number of benzene rings is 1. The van der Waals surface area contributed by atoms with Gasteiger partial charge in [-0.05, 0) is 23.8 Å². The number of carbonyl (C=O) groups excluding carboxylic acids is 2. The molecule has 6 heteroatoms. The summed E-state index contributed by atoms with van der Waals surface area (Å²) in [7, 11) is 1.69. The number of aromatic nitrogens is 1. The summed E-state index contributed by atoms with van der Waals surface area (Å²) < 4.78 is 6.05. The lowest BCUT2D eigenvalue weighted by molar-refractivity contribution is -0.157. The summed E-state index contributed by atoms with van der Waals surface area (Å²) in [5.74, 6) is 1.51. The van der Waals surface area contributed by atoms with Gasteiger partial charge in [-0.15, -0.1) is 0 Å². The molecule has 2 aliphatic heterocycles. The molecule has 0 spiro atoms. The Morgan fingerprint density at radius 2 is 2.00 bits per heavy atom. The average Bonchev–Trinajstić information content (AvgIpc) is 3.29. The standard InChI is InChI=1S/C21H21N3O3/c1-3-12-8-9-17(27-12)20-19-14(13-6-4-5-7-15(13)22-19)10-16-21(26)23(2)11-18(25)24(16)20/h4-9,16,20,22H,3,10-11H2,1-2H3/t16-,20-/m0/s1. The Hall–Kier alpha value is -3.02. The van der Waals surface area contributed by atoms with Crippen molar-refractivity contribution in [1.82, 2.24) is 14.8 Å². The van der Waals surface area contributed by atoms with Crippen LogP contribution in [-0.4, -0.2) is 46.2 Å². The largest absolute Gasteiger partial charge is 0.463 e. The zero-order chi connectivity index (χ0) is 18.7. The molecule has 0 bridgehead atoms. The van der Waals surface area contributed by atoms with Crippen LogP contribution in [-0.2, 0) is 22.4 Å². The molecule has 0 saturated carbocycles. The third-order valence-corrected chi connectivity index (χ3v) is 5.75. The van der Waals surface area contributed by atoms with Crippen molar-refractivity contribution in [2.75, 3.05) is 13.6 Å². The van der Waals surface area contributed by atoms with E-state index in [0.717, 1.165) is 34.3 Å². The van der Waals surface area contributed by atoms with E-state index in [1.54, 1.807) is 11.9 Å². The Kier molecular flexibility index (Phi) is 3.44. The minimum Gasteiger partial charge on any atom is -0.463 e. The first-order chi connectivity index (χ1) is 13.1. The number of rotatable bonds is 2. The number of hydrogen-bond acceptors (Lipinski definition) is 3. The Labute approximate surface area is 156 Å². The highest BCUT2D eigenvalue weighted by Gasteiger charge is 2.48. The molecule has 0 aliphatic carbocycles. The van der Waals surface area contributed by atoms with Crippen molar-refractivity contribution in [2.45, 2.75) is 31.8 Å². The number of aromatic amines is 1. The molecular formula is C21H21N3O3. The molecule has 2 amide bonds. The van der Waals surface area contributed by atoms with E-state index in [4.69, 9.17) is 4.42 Å². The molecule has 1 aromatic carbocycles. The van der Waals surface area contributed by atoms with E-state index in [1.807, 2.05) is 37.3 Å². The number of amides is 2. The molecule has 0 unspecified atom stereocenters. The predicted octanol–water partition coefficient (Wildman–Crippen LogP) is 2.64. The van der Waals surface area contributed by atoms with Crippen LogP contribution in [0.2, 0.25) is 0 Å². The number of nitrogens with one attached hydrogen (secondary N) is 1. The van der Waals surface area contributed by atoms with Crippen molar-refractivity contribution in [3.63, 3.8) is 0 Å². The second-order valence-corrected chi connectivity index (χ2v) is 7.34. The maximum atomic E-state index is 12.9. The minimum atomic E-state index is -0.497. The van der Waals surface area contributed by atoms with E-state index in [2.05, 4.69) is 11.1 Å². The van der Waals surface area contributed by atoms with Gasteiger partial charge >= 0.3 is 0 Å². The first-order valence-corrected chi connectivity index (χ1v) is 9.32. The molecule has 2 aromatic heterocycles. The SMILES string of the molecule is CCc1ccc([C@H]2c3[nH]c4ccccc4c3C[C@H]3C(=O)N(C)CC(=O)N23)o1. The normalized spacial score (nSPS) is 22.3. The summed E-state index contributed by atoms with van der Waals surface area (Å²) in [4.78, 5) is 32.6. The topological polar surface area (TPSA) is 69.6 Å². The van der Waals surface area contributed by atoms with Crippen molar-refractivity contribution in [3.05, 3.63) is 59.2 Å². The average molecular weight is 363 g/mol. The molecule has 5 rings (SSSR count). The number of fused-ring (bicyclic) bond motifs is 4. The van der Waals surface area contributed by atoms with Crippen molar-refractivity contribution >= 4 is 22.7 Å². The monoisotopic (exact) mass is 363 g/mol. The fourth-order valence-corrected chi connectivity index (χ4v) is 4.44. The summed E-state index contributed by atoms with van der Waals surface area (Å²) in [6, 6.07) is 11.0. The van der Waals surface area contributed by atoms with Gasteiger partial charge in [0.25, 0.3) is 0 Å². The molecule has 6 nitrogen and oxygen atoms in total. The van der Waals surface area contributed by atoms with E-state index < -0.39 is 12.1 Å². The summed E-state index contributed by atoms with van der Waals surface area (Å²) in [5, 5.41) is 1.10. The maximum Gasteiger partial charge on any atom is 0.245 e. The Morgan fingerprint density at radius 1 is 1.19 bits per heavy atom. The quantitative estimate of drug-likeness (QED) is 0.761. The Bertz CT molecular complexity index is 1060. The van der Waals surface area contributed by atoms with Gasteiger partial charge in [0.15, 0.2) is 0 Å². The van der Waals surface area contributed by atoms with Crippen molar-refractivity contribution < 1.29 is 14.0 Å². The van der Waals surface area contributed by atoms with Gasteiger partial charge in [0.2, 0.25) is 11.8 Å². The number of carbonyl (C=O) groups is 2. The molecule has 1 saturated heterocycles. The van der Waals surface area contributed by atoms with Gasteiger partial charge in [-0.1, -0.05) is 25.1 Å². The van der Waals surface area contributed by atoms with Gasteiger partial charge in [0.05, 0.1) is 12.2 Å². The van der Waals surface area contributed by atoms with Gasteiger partial charge in [-0.25, -0.2) is 0 Å². The van der Waals surface area contributed by atoms with Crippen LogP contribution in [0.25, 0.3) is 10.9 Å². The van der Waals surface area contributed by atoms with Crippen LogP contribution in [0.5, 0.6) is 0 Å². The first kappa shape index (κ1) is 16.2. The molecule has 3 aromatic rings. The molecule has 27 heavy (non-hydrogen) atoms. The zero-order valence-electron chi connectivity index (χ0n) is 15.4. The molecule has 4 heterocycles. The summed E-state index contributed by atoms with van der Waals surface area (Å²) >= 11 is 0. The number of furan rings is 1. The molecule has 1 fully saturated rings. The van der Waals surface area contributed by atoms with Crippen molar-refractivity contribution in [3.8, 4) is 0 Å². The number of nitrogens with zero attached hydrogens (tertiary/aromatic N) is 2. The van der Waals surface area contributed by atoms with Crippen LogP contribution in [0.4, 0.5) is 0 Å². The van der Waals surface area contributed by atoms with Gasteiger partial charge < -0.3 is 19.2 Å². The third kappa shape index (κ3) is 2.25. The van der Waals surface area contributed by atoms with E-state index >= 15 is 0 Å². The zero-order valence-corrected chi connectivity index (χ0v) is 15.4. The maximum absolute atomic E-state index is 12.9. The van der Waals surface area contributed by atoms with Crippen molar-refractivity contribution in [1.29, 1.82) is 0 Å². The summed E-state index contributed by atoms with van der Waals surface area (Å²) in [6.45, 7) is 2.13. The van der Waals surface area contributed by atoms with Crippen LogP contribution in [0.3, 0.4) is 0 Å². The number of H-pyrrole nitrogens is 1. The Morgan fingerprint density at radius 3 is 2.78 bits per heavy atom. The van der Waals surface area contributed by atoms with Crippen LogP contribution < -0.4 is 0 Å². The fraction of sp³-hybridized carbons (Fsp3) is 0.333. The van der Waals surface area contributed by atoms with Crippen LogP contribution >= 0.6 is 0 Å². The van der Waals surface area contributed by atoms with Gasteiger partial charge in [-0.2, -0.15) is 0 Å². The highest BCUT2D eigenvalue weighted by atomic mass is 16.3. The second-order valence-electron chi connectivity index (χ2n) is 7.34. The second kappa shape index (κ2) is 5.74. The van der Waals surface area contributed by atoms with Gasteiger partial charge in [-0.3, -0.25) is 9.59 Å². The number of aryl methyl sites for hydroxylation is 1. The summed E-state index contributed by atoms with van der Waals surface area (Å²) in [6.07, 6.45) is 1.30. The molecule has 2 atom stereocenters. The third-order valence-electron chi connectivity index (χ3n) is 5.75. The highest BCUT2D eigenvalue weighted by molar-refractivity contribution is 5.97. The molecule has 2 aliphatic rings. The Balaban J connectivity index is 1.75. The molecule has 138 valence electrons. The number of piperazine rings is 1.